The molecule has 1 heterocycles. The first-order valence-electron chi connectivity index (χ1n) is 5.64. The number of carbonyl (C=O) groups excluding carboxylic acids is 1. The summed E-state index contributed by atoms with van der Waals surface area (Å²) in [5.41, 5.74) is -0.477. The lowest BCUT2D eigenvalue weighted by atomic mass is 10.1. The topological polar surface area (TPSA) is 32.3 Å². The largest absolute Gasteiger partial charge is 0.337 e. The number of rotatable bonds is 2. The second-order valence-corrected chi connectivity index (χ2v) is 5.19. The van der Waals surface area contributed by atoms with Gasteiger partial charge < -0.3 is 10.2 Å². The molecular formula is C12H14BrClF2N2O. The predicted molar refractivity (Wildman–Crippen MR) is 74.7 cm³/mol. The molecule has 1 N–H and O–H groups in total. The van der Waals surface area contributed by atoms with Gasteiger partial charge in [-0.3, -0.25) is 4.79 Å². The Labute approximate surface area is 124 Å². The standard InChI is InChI=1S/C12H13BrF2N2O.ClH/c1-16-8-2-3-17(6-8)12(18)11-9(14)4-7(13)5-10(11)15;/h4-5,8,16H,2-3,6H2,1H3;1H. The van der Waals surface area contributed by atoms with Crippen molar-refractivity contribution in [2.45, 2.75) is 12.5 Å². The summed E-state index contributed by atoms with van der Waals surface area (Å²) in [4.78, 5) is 13.5. The zero-order valence-corrected chi connectivity index (χ0v) is 12.7. The molecule has 0 saturated carbocycles. The molecule has 1 saturated heterocycles. The first kappa shape index (κ1) is 16.3. The van der Waals surface area contributed by atoms with Gasteiger partial charge in [-0.05, 0) is 25.6 Å². The highest BCUT2D eigenvalue weighted by Gasteiger charge is 2.29. The van der Waals surface area contributed by atoms with E-state index in [0.29, 0.717) is 13.1 Å². The molecule has 1 aliphatic heterocycles. The Bertz CT molecular complexity index is 464. The molecule has 0 bridgehead atoms. The van der Waals surface area contributed by atoms with Crippen LogP contribution in [0.4, 0.5) is 8.78 Å². The van der Waals surface area contributed by atoms with Crippen LogP contribution in [0.15, 0.2) is 16.6 Å². The molecule has 1 unspecified atom stereocenters. The van der Waals surface area contributed by atoms with Gasteiger partial charge in [-0.1, -0.05) is 15.9 Å². The average Bonchev–Trinajstić information content (AvgIpc) is 2.75. The molecule has 106 valence electrons. The maximum atomic E-state index is 13.7. The number of nitrogens with zero attached hydrogens (tertiary/aromatic N) is 1. The van der Waals surface area contributed by atoms with Gasteiger partial charge in [0.2, 0.25) is 0 Å². The Morgan fingerprint density at radius 3 is 2.47 bits per heavy atom. The minimum absolute atomic E-state index is 0. The summed E-state index contributed by atoms with van der Waals surface area (Å²) in [6, 6.07) is 2.39. The van der Waals surface area contributed by atoms with Crippen LogP contribution in [0.3, 0.4) is 0 Å². The second-order valence-electron chi connectivity index (χ2n) is 4.27. The summed E-state index contributed by atoms with van der Waals surface area (Å²) < 4.78 is 27.6. The van der Waals surface area contributed by atoms with Crippen molar-refractivity contribution in [3.05, 3.63) is 33.8 Å². The molecule has 3 nitrogen and oxygen atoms in total. The third kappa shape index (κ3) is 3.43. The number of amides is 1. The molecule has 1 atom stereocenters. The molecule has 0 spiro atoms. The van der Waals surface area contributed by atoms with Crippen LogP contribution >= 0.6 is 28.3 Å². The van der Waals surface area contributed by atoms with Crippen molar-refractivity contribution in [3.8, 4) is 0 Å². The van der Waals surface area contributed by atoms with E-state index in [4.69, 9.17) is 0 Å². The Morgan fingerprint density at radius 2 is 2.00 bits per heavy atom. The summed E-state index contributed by atoms with van der Waals surface area (Å²) in [6.45, 7) is 0.990. The fourth-order valence-corrected chi connectivity index (χ4v) is 2.49. The van der Waals surface area contributed by atoms with Crippen molar-refractivity contribution in [2.75, 3.05) is 20.1 Å². The Morgan fingerprint density at radius 1 is 1.42 bits per heavy atom. The predicted octanol–water partition coefficient (Wildman–Crippen LogP) is 2.58. The monoisotopic (exact) mass is 354 g/mol. The van der Waals surface area contributed by atoms with E-state index in [9.17, 15) is 13.6 Å². The minimum Gasteiger partial charge on any atom is -0.337 e. The highest BCUT2D eigenvalue weighted by Crippen LogP contribution is 2.22. The number of carbonyl (C=O) groups is 1. The molecule has 1 aromatic carbocycles. The fourth-order valence-electron chi connectivity index (χ4n) is 2.08. The van der Waals surface area contributed by atoms with Gasteiger partial charge >= 0.3 is 0 Å². The van der Waals surface area contributed by atoms with Gasteiger partial charge in [-0.2, -0.15) is 0 Å². The molecule has 1 aliphatic rings. The van der Waals surface area contributed by atoms with Crippen molar-refractivity contribution in [1.82, 2.24) is 10.2 Å². The molecular weight excluding hydrogens is 341 g/mol. The summed E-state index contributed by atoms with van der Waals surface area (Å²) in [5, 5.41) is 3.05. The van der Waals surface area contributed by atoms with E-state index >= 15 is 0 Å². The highest BCUT2D eigenvalue weighted by atomic mass is 79.9. The van der Waals surface area contributed by atoms with Crippen LogP contribution in [0.5, 0.6) is 0 Å². The number of likely N-dealkylation sites (N-methyl/N-ethyl adjacent to an activating group) is 1. The average molecular weight is 356 g/mol. The minimum atomic E-state index is -0.834. The lowest BCUT2D eigenvalue weighted by molar-refractivity contribution is 0.0780. The summed E-state index contributed by atoms with van der Waals surface area (Å²) >= 11 is 2.99. The van der Waals surface area contributed by atoms with Crippen LogP contribution in [0.1, 0.15) is 16.8 Å². The van der Waals surface area contributed by atoms with E-state index in [1.54, 1.807) is 7.05 Å². The maximum absolute atomic E-state index is 13.7. The number of hydrogen-bond donors (Lipinski definition) is 1. The number of hydrogen-bond acceptors (Lipinski definition) is 2. The fraction of sp³-hybridized carbons (Fsp3) is 0.417. The van der Waals surface area contributed by atoms with Crippen LogP contribution in [0.25, 0.3) is 0 Å². The lowest BCUT2D eigenvalue weighted by Crippen LogP contribution is -2.34. The molecule has 19 heavy (non-hydrogen) atoms. The van der Waals surface area contributed by atoms with Gasteiger partial charge in [0.15, 0.2) is 0 Å². The van der Waals surface area contributed by atoms with Crippen LogP contribution < -0.4 is 5.32 Å². The molecule has 0 aliphatic carbocycles. The maximum Gasteiger partial charge on any atom is 0.259 e. The summed E-state index contributed by atoms with van der Waals surface area (Å²) in [6.07, 6.45) is 0.794. The second kappa shape index (κ2) is 6.63. The third-order valence-electron chi connectivity index (χ3n) is 3.10. The van der Waals surface area contributed by atoms with E-state index in [0.717, 1.165) is 18.6 Å². The first-order valence-corrected chi connectivity index (χ1v) is 6.43. The lowest BCUT2D eigenvalue weighted by Gasteiger charge is -2.17. The van der Waals surface area contributed by atoms with E-state index in [1.165, 1.54) is 4.90 Å². The van der Waals surface area contributed by atoms with Crippen molar-refractivity contribution in [2.24, 2.45) is 0 Å². The number of likely N-dealkylation sites (tertiary alicyclic amines) is 1. The Hall–Kier alpha value is -0.720. The van der Waals surface area contributed by atoms with Crippen LogP contribution in [-0.2, 0) is 0 Å². The summed E-state index contributed by atoms with van der Waals surface area (Å²) in [7, 11) is 1.80. The number of halogens is 4. The normalized spacial score (nSPS) is 18.3. The van der Waals surface area contributed by atoms with Crippen molar-refractivity contribution in [1.29, 1.82) is 0 Å². The molecule has 1 fully saturated rings. The van der Waals surface area contributed by atoms with Gasteiger partial charge in [-0.15, -0.1) is 12.4 Å². The van der Waals surface area contributed by atoms with Crippen molar-refractivity contribution >= 4 is 34.2 Å². The first-order chi connectivity index (χ1) is 8.52. The van der Waals surface area contributed by atoms with Crippen molar-refractivity contribution in [3.63, 3.8) is 0 Å². The molecule has 0 radical (unpaired) electrons. The van der Waals surface area contributed by atoms with Gasteiger partial charge in [0, 0.05) is 23.6 Å². The third-order valence-corrected chi connectivity index (χ3v) is 3.56. The van der Waals surface area contributed by atoms with Crippen LogP contribution in [0.2, 0.25) is 0 Å². The number of nitrogens with one attached hydrogen (secondary N) is 1. The molecule has 1 aromatic rings. The molecule has 1 amide bonds. The zero-order valence-electron chi connectivity index (χ0n) is 10.3. The van der Waals surface area contributed by atoms with E-state index in [1.807, 2.05) is 0 Å². The highest BCUT2D eigenvalue weighted by molar-refractivity contribution is 9.10. The summed E-state index contributed by atoms with van der Waals surface area (Å²) in [5.74, 6) is -2.25. The molecule has 2 rings (SSSR count). The Kier molecular flexibility index (Phi) is 5.70. The van der Waals surface area contributed by atoms with E-state index in [-0.39, 0.29) is 22.9 Å². The van der Waals surface area contributed by atoms with Crippen molar-refractivity contribution < 1.29 is 13.6 Å². The van der Waals surface area contributed by atoms with Gasteiger partial charge in [0.05, 0.1) is 0 Å². The molecule has 0 aromatic heterocycles. The zero-order chi connectivity index (χ0) is 13.3. The molecule has 7 heteroatoms. The van der Waals surface area contributed by atoms with Gasteiger partial charge in [0.1, 0.15) is 17.2 Å². The van der Waals surface area contributed by atoms with Gasteiger partial charge in [0.25, 0.3) is 5.91 Å². The van der Waals surface area contributed by atoms with E-state index in [2.05, 4.69) is 21.2 Å². The van der Waals surface area contributed by atoms with Crippen LogP contribution in [-0.4, -0.2) is 37.0 Å². The SMILES string of the molecule is CNC1CCN(C(=O)c2c(F)cc(Br)cc2F)C1.Cl. The number of benzene rings is 1. The van der Waals surface area contributed by atoms with Gasteiger partial charge in [-0.25, -0.2) is 8.78 Å². The quantitative estimate of drug-likeness (QED) is 0.884. The van der Waals surface area contributed by atoms with E-state index < -0.39 is 23.1 Å². The van der Waals surface area contributed by atoms with Crippen LogP contribution in [0, 0.1) is 11.6 Å². The smallest absolute Gasteiger partial charge is 0.259 e. The Balaban J connectivity index is 0.00000180.